The van der Waals surface area contributed by atoms with Crippen LogP contribution < -0.4 is 5.32 Å². The topological polar surface area (TPSA) is 49.4 Å². The van der Waals surface area contributed by atoms with E-state index < -0.39 is 0 Å². The summed E-state index contributed by atoms with van der Waals surface area (Å²) in [5.41, 5.74) is 1.41. The standard InChI is InChI=1S/C19H18N2O2/c22-18-11-17(20-12-21-7-3-4-8-21)19(23)16-10-14-6-2-1-5-13(14)9-15(16)18/h1-2,5-6,9-11,20H,3-4,7-8,12H2. The van der Waals surface area contributed by atoms with Gasteiger partial charge in [0.05, 0.1) is 12.4 Å². The Hall–Kier alpha value is -2.46. The number of Topliss-reactive ketones (excluding diaryl/α,β-unsaturated/α-hetero) is 1. The van der Waals surface area contributed by atoms with Gasteiger partial charge in [0.1, 0.15) is 0 Å². The molecule has 4 heteroatoms. The summed E-state index contributed by atoms with van der Waals surface area (Å²) >= 11 is 0. The maximum atomic E-state index is 12.7. The highest BCUT2D eigenvalue weighted by Crippen LogP contribution is 2.26. The third-order valence-electron chi connectivity index (χ3n) is 4.61. The summed E-state index contributed by atoms with van der Waals surface area (Å²) in [5.74, 6) is -0.196. The van der Waals surface area contributed by atoms with Gasteiger partial charge < -0.3 is 5.32 Å². The van der Waals surface area contributed by atoms with Gasteiger partial charge in [-0.1, -0.05) is 24.3 Å². The van der Waals surface area contributed by atoms with Crippen molar-refractivity contribution in [3.8, 4) is 0 Å². The molecule has 0 bridgehead atoms. The highest BCUT2D eigenvalue weighted by molar-refractivity contribution is 6.25. The molecule has 0 spiro atoms. The fourth-order valence-corrected chi connectivity index (χ4v) is 3.32. The number of likely N-dealkylation sites (tertiary alicyclic amines) is 1. The molecule has 0 radical (unpaired) electrons. The number of ketones is 2. The molecule has 1 aliphatic heterocycles. The van der Waals surface area contributed by atoms with Gasteiger partial charge in [0.25, 0.3) is 0 Å². The Bertz CT molecular complexity index is 832. The Balaban J connectivity index is 1.65. The summed E-state index contributed by atoms with van der Waals surface area (Å²) in [6, 6.07) is 11.4. The van der Waals surface area contributed by atoms with E-state index in [0.29, 0.717) is 23.5 Å². The summed E-state index contributed by atoms with van der Waals surface area (Å²) < 4.78 is 0. The molecule has 1 N–H and O–H groups in total. The predicted molar refractivity (Wildman–Crippen MR) is 89.5 cm³/mol. The van der Waals surface area contributed by atoms with E-state index in [1.165, 1.54) is 18.9 Å². The maximum absolute atomic E-state index is 12.7. The SMILES string of the molecule is O=C1C=C(NCN2CCCC2)C(=O)c2cc3ccccc3cc21. The fraction of sp³-hybridized carbons (Fsp3) is 0.263. The van der Waals surface area contributed by atoms with E-state index in [0.717, 1.165) is 23.9 Å². The molecular formula is C19H18N2O2. The Kier molecular flexibility index (Phi) is 3.46. The second-order valence-electron chi connectivity index (χ2n) is 6.16. The Morgan fingerprint density at radius 2 is 1.61 bits per heavy atom. The summed E-state index contributed by atoms with van der Waals surface area (Å²) in [6.45, 7) is 2.71. The third-order valence-corrected chi connectivity index (χ3v) is 4.61. The number of carbonyl (C=O) groups excluding carboxylic acids is 2. The molecule has 0 atom stereocenters. The van der Waals surface area contributed by atoms with Gasteiger partial charge in [-0.15, -0.1) is 0 Å². The zero-order valence-corrected chi connectivity index (χ0v) is 12.8. The van der Waals surface area contributed by atoms with Crippen LogP contribution in [-0.4, -0.2) is 36.2 Å². The molecule has 0 unspecified atom stereocenters. The number of hydrogen-bond donors (Lipinski definition) is 1. The Morgan fingerprint density at radius 3 is 2.30 bits per heavy atom. The number of nitrogens with zero attached hydrogens (tertiary/aromatic N) is 1. The van der Waals surface area contributed by atoms with Crippen molar-refractivity contribution in [1.29, 1.82) is 0 Å². The summed E-state index contributed by atoms with van der Waals surface area (Å²) in [4.78, 5) is 27.4. The molecule has 2 aliphatic rings. The van der Waals surface area contributed by atoms with E-state index in [-0.39, 0.29) is 11.6 Å². The number of rotatable bonds is 3. The molecular weight excluding hydrogens is 288 g/mol. The molecule has 1 heterocycles. The monoisotopic (exact) mass is 306 g/mol. The molecule has 4 nitrogen and oxygen atoms in total. The molecule has 116 valence electrons. The number of carbonyl (C=O) groups is 2. The molecule has 23 heavy (non-hydrogen) atoms. The van der Waals surface area contributed by atoms with Gasteiger partial charge >= 0.3 is 0 Å². The zero-order chi connectivity index (χ0) is 15.8. The number of allylic oxidation sites excluding steroid dienone is 2. The van der Waals surface area contributed by atoms with E-state index in [2.05, 4.69) is 10.2 Å². The Morgan fingerprint density at radius 1 is 0.957 bits per heavy atom. The highest BCUT2D eigenvalue weighted by atomic mass is 16.1. The van der Waals surface area contributed by atoms with Gasteiger partial charge in [-0.3, -0.25) is 14.5 Å². The first-order chi connectivity index (χ1) is 11.2. The van der Waals surface area contributed by atoms with E-state index in [1.54, 1.807) is 0 Å². The van der Waals surface area contributed by atoms with Crippen molar-refractivity contribution in [2.45, 2.75) is 12.8 Å². The second kappa shape index (κ2) is 5.63. The van der Waals surface area contributed by atoms with Gasteiger partial charge in [-0.25, -0.2) is 0 Å². The summed E-state index contributed by atoms with van der Waals surface area (Å²) in [5, 5.41) is 5.11. The molecule has 1 aliphatic carbocycles. The van der Waals surface area contributed by atoms with Crippen LogP contribution in [0.4, 0.5) is 0 Å². The molecule has 1 fully saturated rings. The third kappa shape index (κ3) is 2.55. The van der Waals surface area contributed by atoms with Gasteiger partial charge in [-0.2, -0.15) is 0 Å². The lowest BCUT2D eigenvalue weighted by molar-refractivity contribution is 0.0976. The molecule has 2 aromatic carbocycles. The van der Waals surface area contributed by atoms with Crippen molar-refractivity contribution in [2.75, 3.05) is 19.8 Å². The van der Waals surface area contributed by atoms with Crippen LogP contribution >= 0.6 is 0 Å². The van der Waals surface area contributed by atoms with Gasteiger partial charge in [0, 0.05) is 17.2 Å². The zero-order valence-electron chi connectivity index (χ0n) is 12.8. The minimum Gasteiger partial charge on any atom is -0.369 e. The second-order valence-corrected chi connectivity index (χ2v) is 6.16. The van der Waals surface area contributed by atoms with Crippen molar-refractivity contribution >= 4 is 22.3 Å². The van der Waals surface area contributed by atoms with Gasteiger partial charge in [-0.05, 0) is 48.8 Å². The van der Waals surface area contributed by atoms with Gasteiger partial charge in [0.2, 0.25) is 5.78 Å². The molecule has 0 amide bonds. The smallest absolute Gasteiger partial charge is 0.209 e. The van der Waals surface area contributed by atoms with Crippen molar-refractivity contribution in [2.24, 2.45) is 0 Å². The lowest BCUT2D eigenvalue weighted by Crippen LogP contribution is -2.35. The van der Waals surface area contributed by atoms with Crippen LogP contribution in [0.5, 0.6) is 0 Å². The van der Waals surface area contributed by atoms with E-state index in [9.17, 15) is 9.59 Å². The highest BCUT2D eigenvalue weighted by Gasteiger charge is 2.26. The lowest BCUT2D eigenvalue weighted by atomic mass is 9.90. The molecule has 0 aromatic heterocycles. The molecule has 1 saturated heterocycles. The number of fused-ring (bicyclic) bond motifs is 2. The maximum Gasteiger partial charge on any atom is 0.209 e. The lowest BCUT2D eigenvalue weighted by Gasteiger charge is -2.21. The summed E-state index contributed by atoms with van der Waals surface area (Å²) in [7, 11) is 0. The molecule has 2 aromatic rings. The van der Waals surface area contributed by atoms with Gasteiger partial charge in [0.15, 0.2) is 5.78 Å². The predicted octanol–water partition coefficient (Wildman–Crippen LogP) is 2.75. The quantitative estimate of drug-likeness (QED) is 0.947. The average molecular weight is 306 g/mol. The van der Waals surface area contributed by atoms with Crippen molar-refractivity contribution in [1.82, 2.24) is 10.2 Å². The largest absolute Gasteiger partial charge is 0.369 e. The number of hydrogen-bond acceptors (Lipinski definition) is 4. The van der Waals surface area contributed by atoms with Crippen molar-refractivity contribution < 1.29 is 9.59 Å². The van der Waals surface area contributed by atoms with Crippen LogP contribution in [0.15, 0.2) is 48.2 Å². The number of benzene rings is 2. The first kappa shape index (κ1) is 14.2. The van der Waals surface area contributed by atoms with E-state index >= 15 is 0 Å². The summed E-state index contributed by atoms with van der Waals surface area (Å²) in [6.07, 6.45) is 3.83. The van der Waals surface area contributed by atoms with Crippen molar-refractivity contribution in [3.05, 3.63) is 59.3 Å². The van der Waals surface area contributed by atoms with Crippen LogP contribution in [0.1, 0.15) is 33.6 Å². The average Bonchev–Trinajstić information content (AvgIpc) is 3.09. The van der Waals surface area contributed by atoms with Crippen LogP contribution in [0.3, 0.4) is 0 Å². The fourth-order valence-electron chi connectivity index (χ4n) is 3.32. The molecule has 4 rings (SSSR count). The van der Waals surface area contributed by atoms with Crippen molar-refractivity contribution in [3.63, 3.8) is 0 Å². The van der Waals surface area contributed by atoms with E-state index in [1.807, 2.05) is 36.4 Å². The van der Waals surface area contributed by atoms with Crippen LogP contribution in [0.25, 0.3) is 10.8 Å². The first-order valence-electron chi connectivity index (χ1n) is 8.02. The Labute approximate surface area is 134 Å². The molecule has 0 saturated carbocycles. The first-order valence-corrected chi connectivity index (χ1v) is 8.02. The van der Waals surface area contributed by atoms with Crippen LogP contribution in [0.2, 0.25) is 0 Å². The number of nitrogens with one attached hydrogen (secondary N) is 1. The van der Waals surface area contributed by atoms with Crippen LogP contribution in [-0.2, 0) is 0 Å². The van der Waals surface area contributed by atoms with E-state index in [4.69, 9.17) is 0 Å². The van der Waals surface area contributed by atoms with Crippen LogP contribution in [0, 0.1) is 0 Å². The minimum atomic E-state index is -0.103. The minimum absolute atomic E-state index is 0.0930. The normalized spacial score (nSPS) is 18.2.